The summed E-state index contributed by atoms with van der Waals surface area (Å²) in [6.07, 6.45) is 8.78. The topological polar surface area (TPSA) is 22.1 Å². The van der Waals surface area contributed by atoms with Crippen LogP contribution in [-0.4, -0.2) is 12.1 Å². The van der Waals surface area contributed by atoms with Crippen molar-refractivity contribution in [2.75, 3.05) is 7.11 Å². The zero-order valence-corrected chi connectivity index (χ0v) is 16.6. The summed E-state index contributed by atoms with van der Waals surface area (Å²) < 4.78 is 5.39. The van der Waals surface area contributed by atoms with Gasteiger partial charge in [0.15, 0.2) is 0 Å². The van der Waals surface area contributed by atoms with E-state index in [1.807, 2.05) is 18.3 Å². The molecule has 0 N–H and O–H groups in total. The summed E-state index contributed by atoms with van der Waals surface area (Å²) in [4.78, 5) is 4.49. The molecule has 3 rings (SSSR count). The van der Waals surface area contributed by atoms with Gasteiger partial charge in [0.25, 0.3) is 0 Å². The van der Waals surface area contributed by atoms with Gasteiger partial charge in [-0.3, -0.25) is 4.98 Å². The Balaban J connectivity index is 1.66. The molecule has 2 aromatic carbocycles. The molecular weight excluding hydrogens is 330 g/mol. The van der Waals surface area contributed by atoms with E-state index in [0.29, 0.717) is 5.92 Å². The monoisotopic (exact) mass is 360 g/mol. The fraction of sp³-hybridized carbons (Fsp3) is 0.360. The predicted molar refractivity (Wildman–Crippen MR) is 114 cm³/mol. The van der Waals surface area contributed by atoms with Crippen LogP contribution in [0.25, 0.3) is 10.9 Å². The average molecular weight is 361 g/mol. The quantitative estimate of drug-likeness (QED) is 0.444. The fourth-order valence-electron chi connectivity index (χ4n) is 3.90. The molecule has 1 radical (unpaired) electrons. The number of ether oxygens (including phenoxy) is 1. The van der Waals surface area contributed by atoms with Crippen LogP contribution in [-0.2, 0) is 12.8 Å². The normalized spacial score (nSPS) is 12.3. The summed E-state index contributed by atoms with van der Waals surface area (Å²) >= 11 is 0. The molecule has 0 aliphatic carbocycles. The molecule has 3 aromatic rings. The number of fused-ring (bicyclic) bond motifs is 1. The van der Waals surface area contributed by atoms with Gasteiger partial charge in [0, 0.05) is 11.6 Å². The lowest BCUT2D eigenvalue weighted by atomic mass is 9.88. The Morgan fingerprint density at radius 3 is 2.67 bits per heavy atom. The molecule has 0 saturated carbocycles. The highest BCUT2D eigenvalue weighted by Crippen LogP contribution is 2.26. The van der Waals surface area contributed by atoms with Gasteiger partial charge in [0.05, 0.1) is 12.6 Å². The molecule has 2 heteroatoms. The summed E-state index contributed by atoms with van der Waals surface area (Å²) in [5.41, 5.74) is 5.29. The molecule has 0 aliphatic rings. The minimum Gasteiger partial charge on any atom is -0.497 e. The Bertz CT molecular complexity index is 871. The fourth-order valence-corrected chi connectivity index (χ4v) is 3.90. The summed E-state index contributed by atoms with van der Waals surface area (Å²) in [6, 6.07) is 17.0. The summed E-state index contributed by atoms with van der Waals surface area (Å²) in [5.74, 6) is 1.59. The molecule has 0 saturated heterocycles. The first-order chi connectivity index (χ1) is 13.2. The van der Waals surface area contributed by atoms with Gasteiger partial charge >= 0.3 is 0 Å². The van der Waals surface area contributed by atoms with Crippen molar-refractivity contribution in [3.05, 3.63) is 78.3 Å². The number of hydrogen-bond acceptors (Lipinski definition) is 2. The molecule has 1 heterocycles. The van der Waals surface area contributed by atoms with Gasteiger partial charge in [0.1, 0.15) is 5.75 Å². The highest BCUT2D eigenvalue weighted by atomic mass is 16.5. The van der Waals surface area contributed by atoms with Crippen molar-refractivity contribution in [2.45, 2.75) is 45.4 Å². The molecule has 2 nitrogen and oxygen atoms in total. The molecule has 0 unspecified atom stereocenters. The highest BCUT2D eigenvalue weighted by Gasteiger charge is 2.11. The van der Waals surface area contributed by atoms with Gasteiger partial charge in [-0.25, -0.2) is 0 Å². The number of methoxy groups -OCH3 is 1. The van der Waals surface area contributed by atoms with E-state index >= 15 is 0 Å². The van der Waals surface area contributed by atoms with Crippen LogP contribution in [0.3, 0.4) is 0 Å². The van der Waals surface area contributed by atoms with Crippen molar-refractivity contribution in [3.8, 4) is 5.75 Å². The van der Waals surface area contributed by atoms with Gasteiger partial charge in [-0.05, 0) is 79.5 Å². The Hall–Kier alpha value is -2.35. The third-order valence-electron chi connectivity index (χ3n) is 5.48. The molecule has 141 valence electrons. The lowest BCUT2D eigenvalue weighted by molar-refractivity contribution is 0.415. The van der Waals surface area contributed by atoms with E-state index in [4.69, 9.17) is 4.74 Å². The van der Waals surface area contributed by atoms with E-state index in [1.165, 1.54) is 41.3 Å². The molecule has 0 fully saturated rings. The van der Waals surface area contributed by atoms with Crippen molar-refractivity contribution in [3.63, 3.8) is 0 Å². The van der Waals surface area contributed by atoms with Crippen LogP contribution < -0.4 is 4.74 Å². The molecule has 1 atom stereocenters. The average Bonchev–Trinajstić information content (AvgIpc) is 2.69. The van der Waals surface area contributed by atoms with Gasteiger partial charge in [0.2, 0.25) is 0 Å². The van der Waals surface area contributed by atoms with Gasteiger partial charge in [-0.2, -0.15) is 0 Å². The number of hydrogen-bond donors (Lipinski definition) is 0. The first-order valence-corrected chi connectivity index (χ1v) is 9.96. The lowest BCUT2D eigenvalue weighted by Gasteiger charge is -2.18. The van der Waals surface area contributed by atoms with Crippen LogP contribution >= 0.6 is 0 Å². The Labute approximate surface area is 163 Å². The smallest absolute Gasteiger partial charge is 0.119 e. The van der Waals surface area contributed by atoms with E-state index in [0.717, 1.165) is 30.5 Å². The largest absolute Gasteiger partial charge is 0.497 e. The van der Waals surface area contributed by atoms with Crippen molar-refractivity contribution in [1.29, 1.82) is 0 Å². The van der Waals surface area contributed by atoms with Crippen LogP contribution in [0.2, 0.25) is 0 Å². The second kappa shape index (κ2) is 9.55. The maximum atomic E-state index is 5.39. The van der Waals surface area contributed by atoms with Crippen molar-refractivity contribution in [2.24, 2.45) is 5.92 Å². The highest BCUT2D eigenvalue weighted by molar-refractivity contribution is 5.83. The Kier molecular flexibility index (Phi) is 6.86. The zero-order chi connectivity index (χ0) is 19.1. The lowest BCUT2D eigenvalue weighted by Crippen LogP contribution is -2.06. The number of pyridine rings is 1. The molecule has 27 heavy (non-hydrogen) atoms. The SMILES string of the molecule is [CH2]CC[C@H](CCCc1ccnc2ccc(OC)cc12)Cc1ccccc1C. The Morgan fingerprint density at radius 1 is 1.04 bits per heavy atom. The number of aromatic nitrogens is 1. The van der Waals surface area contributed by atoms with Crippen molar-refractivity contribution in [1.82, 2.24) is 4.98 Å². The standard InChI is InChI=1S/C25H30NO/c1-4-8-20(17-22-11-6-5-9-19(22)2)10-7-12-21-15-16-26-25-14-13-23(27-3)18-24(21)25/h5-6,9,11,13-16,18,20H,1,4,7-8,10,12,17H2,2-3H3/t20-/m1/s1. The molecular formula is C25H30NO. The maximum absolute atomic E-state index is 5.39. The summed E-state index contributed by atoms with van der Waals surface area (Å²) in [5, 5.41) is 1.21. The van der Waals surface area contributed by atoms with Crippen LogP contribution in [0.4, 0.5) is 0 Å². The summed E-state index contributed by atoms with van der Waals surface area (Å²) in [7, 11) is 1.71. The molecule has 0 amide bonds. The zero-order valence-electron chi connectivity index (χ0n) is 16.6. The third-order valence-corrected chi connectivity index (χ3v) is 5.48. The first kappa shape index (κ1) is 19.4. The van der Waals surface area contributed by atoms with Gasteiger partial charge < -0.3 is 4.74 Å². The maximum Gasteiger partial charge on any atom is 0.119 e. The van der Waals surface area contributed by atoms with Crippen LogP contribution in [0, 0.1) is 19.8 Å². The number of rotatable bonds is 9. The number of aryl methyl sites for hydroxylation is 2. The van der Waals surface area contributed by atoms with E-state index in [2.05, 4.69) is 55.2 Å². The molecule has 0 bridgehead atoms. The number of nitrogens with zero attached hydrogens (tertiary/aromatic N) is 1. The minimum absolute atomic E-state index is 0.700. The van der Waals surface area contributed by atoms with Gasteiger partial charge in [-0.1, -0.05) is 44.0 Å². The van der Waals surface area contributed by atoms with Crippen LogP contribution in [0.15, 0.2) is 54.7 Å². The van der Waals surface area contributed by atoms with E-state index < -0.39 is 0 Å². The molecule has 0 spiro atoms. The van der Waals surface area contributed by atoms with E-state index in [-0.39, 0.29) is 0 Å². The van der Waals surface area contributed by atoms with Crippen molar-refractivity contribution < 1.29 is 4.74 Å². The van der Waals surface area contributed by atoms with E-state index in [9.17, 15) is 0 Å². The third kappa shape index (κ3) is 5.09. The summed E-state index contributed by atoms with van der Waals surface area (Å²) in [6.45, 7) is 6.31. The number of benzene rings is 2. The van der Waals surface area contributed by atoms with E-state index in [1.54, 1.807) is 7.11 Å². The molecule has 1 aromatic heterocycles. The Morgan fingerprint density at radius 2 is 1.89 bits per heavy atom. The predicted octanol–water partition coefficient (Wildman–Crippen LogP) is 6.35. The van der Waals surface area contributed by atoms with Crippen molar-refractivity contribution >= 4 is 10.9 Å². The second-order valence-electron chi connectivity index (χ2n) is 7.38. The van der Waals surface area contributed by atoms with Crippen LogP contribution in [0.1, 0.15) is 42.4 Å². The first-order valence-electron chi connectivity index (χ1n) is 9.96. The van der Waals surface area contributed by atoms with Crippen LogP contribution in [0.5, 0.6) is 5.75 Å². The molecule has 0 aliphatic heterocycles. The van der Waals surface area contributed by atoms with Gasteiger partial charge in [-0.15, -0.1) is 0 Å². The second-order valence-corrected chi connectivity index (χ2v) is 7.38. The minimum atomic E-state index is 0.700.